The van der Waals surface area contributed by atoms with Gasteiger partial charge in [0.05, 0.1) is 0 Å². The van der Waals surface area contributed by atoms with Gasteiger partial charge in [0.2, 0.25) is 0 Å². The molecule has 2 unspecified atom stereocenters. The van der Waals surface area contributed by atoms with Crippen molar-refractivity contribution in [3.63, 3.8) is 0 Å². The van der Waals surface area contributed by atoms with Crippen LogP contribution in [0.4, 0.5) is 0 Å². The molecular formula is C12H23BrO2. The van der Waals surface area contributed by atoms with Gasteiger partial charge in [-0.15, -0.1) is 0 Å². The molecule has 0 bridgehead atoms. The Morgan fingerprint density at radius 2 is 1.40 bits per heavy atom. The van der Waals surface area contributed by atoms with Crippen molar-refractivity contribution in [2.75, 3.05) is 13.2 Å². The van der Waals surface area contributed by atoms with E-state index in [4.69, 9.17) is 0 Å². The fourth-order valence-corrected chi connectivity index (χ4v) is 4.57. The molecule has 0 aliphatic heterocycles. The molecule has 0 heterocycles. The summed E-state index contributed by atoms with van der Waals surface area (Å²) >= 11 is 3.81. The van der Waals surface area contributed by atoms with Crippen molar-refractivity contribution in [2.45, 2.75) is 50.8 Å². The van der Waals surface area contributed by atoms with E-state index in [9.17, 15) is 10.2 Å². The molecule has 15 heavy (non-hydrogen) atoms. The van der Waals surface area contributed by atoms with E-state index in [1.54, 1.807) is 0 Å². The first-order chi connectivity index (χ1) is 6.80. The third kappa shape index (κ3) is 2.95. The molecule has 1 rings (SSSR count). The van der Waals surface area contributed by atoms with Crippen molar-refractivity contribution >= 4 is 15.9 Å². The molecule has 0 amide bonds. The number of hydrogen-bond donors (Lipinski definition) is 2. The van der Waals surface area contributed by atoms with Gasteiger partial charge < -0.3 is 10.2 Å². The van der Waals surface area contributed by atoms with Crippen molar-refractivity contribution in [3.05, 3.63) is 0 Å². The minimum Gasteiger partial charge on any atom is -0.396 e. The molecule has 2 N–H and O–H groups in total. The van der Waals surface area contributed by atoms with E-state index >= 15 is 0 Å². The van der Waals surface area contributed by atoms with E-state index in [1.807, 2.05) is 0 Å². The summed E-state index contributed by atoms with van der Waals surface area (Å²) in [6, 6.07) is 0. The molecular weight excluding hydrogens is 256 g/mol. The van der Waals surface area contributed by atoms with Gasteiger partial charge >= 0.3 is 0 Å². The summed E-state index contributed by atoms with van der Waals surface area (Å²) in [4.78, 5) is 0. The van der Waals surface area contributed by atoms with Crippen LogP contribution in [-0.2, 0) is 0 Å². The van der Waals surface area contributed by atoms with Gasteiger partial charge in [0.15, 0.2) is 0 Å². The number of rotatable bonds is 3. The van der Waals surface area contributed by atoms with Crippen molar-refractivity contribution in [2.24, 2.45) is 10.8 Å². The lowest BCUT2D eigenvalue weighted by Crippen LogP contribution is -2.47. The average molecular weight is 279 g/mol. The summed E-state index contributed by atoms with van der Waals surface area (Å²) in [5, 5.41) is 19.0. The maximum Gasteiger partial charge on any atom is 0.0485 e. The van der Waals surface area contributed by atoms with Crippen molar-refractivity contribution in [3.8, 4) is 0 Å². The molecule has 0 radical (unpaired) electrons. The van der Waals surface area contributed by atoms with Crippen LogP contribution in [0.5, 0.6) is 0 Å². The van der Waals surface area contributed by atoms with E-state index in [2.05, 4.69) is 36.7 Å². The van der Waals surface area contributed by atoms with Crippen LogP contribution in [0, 0.1) is 10.8 Å². The highest BCUT2D eigenvalue weighted by atomic mass is 79.9. The molecule has 90 valence electrons. The minimum atomic E-state index is -0.0603. The van der Waals surface area contributed by atoms with E-state index in [1.165, 1.54) is 0 Å². The first-order valence-electron chi connectivity index (χ1n) is 5.71. The van der Waals surface area contributed by atoms with Crippen molar-refractivity contribution in [1.82, 2.24) is 0 Å². The van der Waals surface area contributed by atoms with Gasteiger partial charge in [-0.2, -0.15) is 0 Å². The predicted octanol–water partition coefficient (Wildman–Crippen LogP) is 2.71. The van der Waals surface area contributed by atoms with Gasteiger partial charge in [0.25, 0.3) is 0 Å². The maximum atomic E-state index is 9.50. The zero-order valence-corrected chi connectivity index (χ0v) is 11.6. The average Bonchev–Trinajstić information content (AvgIpc) is 2.16. The van der Waals surface area contributed by atoms with Crippen LogP contribution in [0.3, 0.4) is 0 Å². The van der Waals surface area contributed by atoms with Gasteiger partial charge in [0.1, 0.15) is 0 Å². The smallest absolute Gasteiger partial charge is 0.0485 e. The number of halogens is 1. The van der Waals surface area contributed by atoms with Crippen LogP contribution in [-0.4, -0.2) is 27.8 Å². The predicted molar refractivity (Wildman–Crippen MR) is 66.2 cm³/mol. The van der Waals surface area contributed by atoms with Crippen molar-refractivity contribution < 1.29 is 10.2 Å². The SMILES string of the molecule is CCC1(Br)CC(C)(CO)CC(C)(CO)C1. The normalized spacial score (nSPS) is 46.8. The Labute approximate surface area is 101 Å². The van der Waals surface area contributed by atoms with Gasteiger partial charge in [-0.05, 0) is 36.5 Å². The highest BCUT2D eigenvalue weighted by molar-refractivity contribution is 9.10. The summed E-state index contributed by atoms with van der Waals surface area (Å²) in [6.07, 6.45) is 3.92. The number of aliphatic hydroxyl groups is 2. The summed E-state index contributed by atoms with van der Waals surface area (Å²) in [7, 11) is 0. The lowest BCUT2D eigenvalue weighted by molar-refractivity contribution is -0.0156. The van der Waals surface area contributed by atoms with E-state index in [0.717, 1.165) is 25.7 Å². The highest BCUT2D eigenvalue weighted by Crippen LogP contribution is 2.54. The first kappa shape index (κ1) is 13.5. The number of alkyl halides is 1. The van der Waals surface area contributed by atoms with Gasteiger partial charge in [-0.25, -0.2) is 0 Å². The third-order valence-electron chi connectivity index (χ3n) is 3.74. The second-order valence-electron chi connectivity index (χ2n) is 5.97. The molecule has 0 aromatic heterocycles. The monoisotopic (exact) mass is 278 g/mol. The molecule has 2 nitrogen and oxygen atoms in total. The van der Waals surface area contributed by atoms with Gasteiger partial charge in [-0.1, -0.05) is 36.7 Å². The largest absolute Gasteiger partial charge is 0.396 e. The third-order valence-corrected chi connectivity index (χ3v) is 4.86. The van der Waals surface area contributed by atoms with Gasteiger partial charge in [0, 0.05) is 17.5 Å². The van der Waals surface area contributed by atoms with E-state index in [-0.39, 0.29) is 28.4 Å². The molecule has 1 aliphatic carbocycles. The fourth-order valence-electron chi connectivity index (χ4n) is 3.22. The summed E-state index contributed by atoms with van der Waals surface area (Å²) in [5.41, 5.74) is -0.121. The molecule has 1 saturated carbocycles. The zero-order chi connectivity index (χ0) is 11.7. The molecule has 1 aliphatic rings. The Bertz CT molecular complexity index is 184. The van der Waals surface area contributed by atoms with Crippen LogP contribution in [0.25, 0.3) is 0 Å². The quantitative estimate of drug-likeness (QED) is 0.780. The molecule has 0 aromatic carbocycles. The topological polar surface area (TPSA) is 40.5 Å². The van der Waals surface area contributed by atoms with Crippen molar-refractivity contribution in [1.29, 1.82) is 0 Å². The lowest BCUT2D eigenvalue weighted by atomic mass is 9.60. The molecule has 3 heteroatoms. The zero-order valence-electron chi connectivity index (χ0n) is 10.0. The Morgan fingerprint density at radius 1 is 1.00 bits per heavy atom. The first-order valence-corrected chi connectivity index (χ1v) is 6.50. The number of aliphatic hydroxyl groups excluding tert-OH is 2. The van der Waals surface area contributed by atoms with Crippen LogP contribution < -0.4 is 0 Å². The van der Waals surface area contributed by atoms with Crippen LogP contribution in [0.15, 0.2) is 0 Å². The Balaban J connectivity index is 2.92. The van der Waals surface area contributed by atoms with Gasteiger partial charge in [-0.3, -0.25) is 0 Å². The second kappa shape index (κ2) is 4.34. The Morgan fingerprint density at radius 3 is 1.67 bits per heavy atom. The maximum absolute atomic E-state index is 9.50. The van der Waals surface area contributed by atoms with Crippen LogP contribution in [0.2, 0.25) is 0 Å². The molecule has 0 aromatic rings. The minimum absolute atomic E-state index is 0.0603. The summed E-state index contributed by atoms with van der Waals surface area (Å²) in [5.74, 6) is 0. The number of hydrogen-bond acceptors (Lipinski definition) is 2. The van der Waals surface area contributed by atoms with E-state index < -0.39 is 0 Å². The molecule has 1 fully saturated rings. The fraction of sp³-hybridized carbons (Fsp3) is 1.00. The summed E-state index contributed by atoms with van der Waals surface area (Å²) < 4.78 is 0.0835. The van der Waals surface area contributed by atoms with Crippen LogP contribution >= 0.6 is 15.9 Å². The highest BCUT2D eigenvalue weighted by Gasteiger charge is 2.48. The Hall–Kier alpha value is 0.400. The standard InChI is InChI=1S/C12H23BrO2/c1-4-12(13)6-10(2,8-14)5-11(3,7-12)9-15/h14-15H,4-9H2,1-3H3. The lowest BCUT2D eigenvalue weighted by Gasteiger charge is -2.50. The summed E-state index contributed by atoms with van der Waals surface area (Å²) in [6.45, 7) is 6.80. The second-order valence-corrected chi connectivity index (χ2v) is 7.65. The van der Waals surface area contributed by atoms with Crippen LogP contribution in [0.1, 0.15) is 46.5 Å². The van der Waals surface area contributed by atoms with E-state index in [0.29, 0.717) is 0 Å². The Kier molecular flexibility index (Phi) is 3.90. The molecule has 2 atom stereocenters. The molecule has 0 spiro atoms. The molecule has 0 saturated heterocycles.